The summed E-state index contributed by atoms with van der Waals surface area (Å²) in [6.07, 6.45) is 2.71. The minimum atomic E-state index is -0.486. The van der Waals surface area contributed by atoms with Gasteiger partial charge in [0.05, 0.1) is 0 Å². The number of anilines is 1. The molecule has 0 saturated heterocycles. The molecule has 122 valence electrons. The highest BCUT2D eigenvalue weighted by Crippen LogP contribution is 2.17. The zero-order valence-electron chi connectivity index (χ0n) is 13.7. The lowest BCUT2D eigenvalue weighted by molar-refractivity contribution is 0.0636. The number of hydrogen-bond donors (Lipinski definition) is 3. The molecule has 0 heterocycles. The Balaban J connectivity index is 1.72. The summed E-state index contributed by atoms with van der Waals surface area (Å²) >= 11 is 0. The van der Waals surface area contributed by atoms with Crippen LogP contribution < -0.4 is 16.4 Å². The Kier molecular flexibility index (Phi) is 5.42. The lowest BCUT2D eigenvalue weighted by Gasteiger charge is -2.33. The lowest BCUT2D eigenvalue weighted by atomic mass is 9.87. The zero-order chi connectivity index (χ0) is 16.2. The van der Waals surface area contributed by atoms with E-state index in [1.54, 1.807) is 0 Å². The molecular formula is C17H27N3O2. The van der Waals surface area contributed by atoms with Gasteiger partial charge < -0.3 is 15.8 Å². The first-order chi connectivity index (χ1) is 10.3. The number of hydrogen-bond acceptors (Lipinski definition) is 4. The summed E-state index contributed by atoms with van der Waals surface area (Å²) in [6, 6.07) is 8.83. The molecule has 2 rings (SSSR count). The smallest absolute Gasteiger partial charge is 0.412 e. The van der Waals surface area contributed by atoms with Crippen LogP contribution in [0.2, 0.25) is 0 Å². The van der Waals surface area contributed by atoms with Crippen LogP contribution in [0.15, 0.2) is 24.3 Å². The summed E-state index contributed by atoms with van der Waals surface area (Å²) < 4.78 is 5.22. The van der Waals surface area contributed by atoms with Gasteiger partial charge in [-0.25, -0.2) is 4.79 Å². The third-order valence-corrected chi connectivity index (χ3v) is 3.62. The molecule has 1 aliphatic carbocycles. The van der Waals surface area contributed by atoms with E-state index in [1.807, 2.05) is 45.0 Å². The molecule has 1 saturated carbocycles. The summed E-state index contributed by atoms with van der Waals surface area (Å²) in [5.41, 5.74) is 7.26. The van der Waals surface area contributed by atoms with Gasteiger partial charge in [-0.3, -0.25) is 5.32 Å². The molecule has 1 fully saturated rings. The summed E-state index contributed by atoms with van der Waals surface area (Å²) in [4.78, 5) is 11.7. The molecule has 0 atom stereocenters. The molecule has 5 nitrogen and oxygen atoms in total. The molecule has 0 spiro atoms. The van der Waals surface area contributed by atoms with Crippen molar-refractivity contribution in [1.29, 1.82) is 0 Å². The van der Waals surface area contributed by atoms with Crippen LogP contribution in [-0.4, -0.2) is 30.3 Å². The van der Waals surface area contributed by atoms with Gasteiger partial charge in [-0.1, -0.05) is 12.1 Å². The SMILES string of the molecule is CC(C)(C)OC(=O)Nc1ccc(CCNC2CC(N)C2)cc1. The Bertz CT molecular complexity index is 488. The molecule has 4 N–H and O–H groups in total. The predicted octanol–water partition coefficient (Wildman–Crippen LogP) is 2.66. The van der Waals surface area contributed by atoms with Crippen molar-refractivity contribution in [2.75, 3.05) is 11.9 Å². The standard InChI is InChI=1S/C17H27N3O2/c1-17(2,3)22-16(21)20-14-6-4-12(5-7-14)8-9-19-15-10-13(18)11-15/h4-7,13,15,19H,8-11,18H2,1-3H3,(H,20,21). The number of rotatable bonds is 5. The second-order valence-corrected chi connectivity index (χ2v) is 6.96. The molecule has 0 aromatic heterocycles. The average Bonchev–Trinajstić information content (AvgIpc) is 2.36. The van der Waals surface area contributed by atoms with Crippen molar-refractivity contribution in [3.63, 3.8) is 0 Å². The summed E-state index contributed by atoms with van der Waals surface area (Å²) in [5.74, 6) is 0. The molecule has 5 heteroatoms. The van der Waals surface area contributed by atoms with Crippen LogP contribution in [0.4, 0.5) is 10.5 Å². The third kappa shape index (κ3) is 5.66. The van der Waals surface area contributed by atoms with Crippen LogP contribution in [-0.2, 0) is 11.2 Å². The fraction of sp³-hybridized carbons (Fsp3) is 0.588. The van der Waals surface area contributed by atoms with Crippen molar-refractivity contribution in [2.24, 2.45) is 5.73 Å². The van der Waals surface area contributed by atoms with E-state index in [0.717, 1.165) is 31.5 Å². The molecule has 1 aromatic carbocycles. The number of carbonyl (C=O) groups is 1. The topological polar surface area (TPSA) is 76.4 Å². The van der Waals surface area contributed by atoms with Crippen LogP contribution in [0.25, 0.3) is 0 Å². The van der Waals surface area contributed by atoms with E-state index in [9.17, 15) is 4.79 Å². The molecule has 1 aliphatic rings. The van der Waals surface area contributed by atoms with Gasteiger partial charge in [0.1, 0.15) is 5.60 Å². The van der Waals surface area contributed by atoms with E-state index >= 15 is 0 Å². The van der Waals surface area contributed by atoms with Crippen molar-refractivity contribution >= 4 is 11.8 Å². The van der Waals surface area contributed by atoms with Crippen LogP contribution in [0, 0.1) is 0 Å². The van der Waals surface area contributed by atoms with E-state index in [0.29, 0.717) is 12.1 Å². The van der Waals surface area contributed by atoms with E-state index < -0.39 is 11.7 Å². The number of nitrogens with one attached hydrogen (secondary N) is 2. The minimum absolute atomic E-state index is 0.385. The Morgan fingerprint density at radius 1 is 1.27 bits per heavy atom. The maximum absolute atomic E-state index is 11.7. The monoisotopic (exact) mass is 305 g/mol. The Morgan fingerprint density at radius 2 is 1.91 bits per heavy atom. The zero-order valence-corrected chi connectivity index (χ0v) is 13.7. The first kappa shape index (κ1) is 16.8. The fourth-order valence-corrected chi connectivity index (χ4v) is 2.43. The number of carbonyl (C=O) groups excluding carboxylic acids is 1. The average molecular weight is 305 g/mol. The van der Waals surface area contributed by atoms with Gasteiger partial charge in [-0.15, -0.1) is 0 Å². The van der Waals surface area contributed by atoms with Gasteiger partial charge in [0.15, 0.2) is 0 Å². The minimum Gasteiger partial charge on any atom is -0.444 e. The fourth-order valence-electron chi connectivity index (χ4n) is 2.43. The number of ether oxygens (including phenoxy) is 1. The highest BCUT2D eigenvalue weighted by molar-refractivity contribution is 5.84. The van der Waals surface area contributed by atoms with Crippen molar-refractivity contribution in [2.45, 2.75) is 57.7 Å². The van der Waals surface area contributed by atoms with Gasteiger partial charge in [0, 0.05) is 17.8 Å². The van der Waals surface area contributed by atoms with Gasteiger partial charge in [-0.05, 0) is 64.3 Å². The van der Waals surface area contributed by atoms with Crippen LogP contribution in [0.5, 0.6) is 0 Å². The molecular weight excluding hydrogens is 278 g/mol. The number of benzene rings is 1. The van der Waals surface area contributed by atoms with Crippen molar-refractivity contribution in [3.05, 3.63) is 29.8 Å². The second kappa shape index (κ2) is 7.11. The first-order valence-electron chi connectivity index (χ1n) is 7.90. The Labute approximate surface area is 132 Å². The molecule has 0 bridgehead atoms. The molecule has 1 aromatic rings. The van der Waals surface area contributed by atoms with Crippen LogP contribution in [0.3, 0.4) is 0 Å². The quantitative estimate of drug-likeness (QED) is 0.781. The Hall–Kier alpha value is -1.59. The highest BCUT2D eigenvalue weighted by Gasteiger charge is 2.24. The summed E-state index contributed by atoms with van der Waals surface area (Å²) in [7, 11) is 0. The number of nitrogens with two attached hydrogens (primary N) is 1. The summed E-state index contributed by atoms with van der Waals surface area (Å²) in [6.45, 7) is 6.49. The summed E-state index contributed by atoms with van der Waals surface area (Å²) in [5, 5.41) is 6.23. The van der Waals surface area contributed by atoms with Crippen molar-refractivity contribution in [1.82, 2.24) is 5.32 Å². The van der Waals surface area contributed by atoms with Gasteiger partial charge in [0.2, 0.25) is 0 Å². The van der Waals surface area contributed by atoms with Gasteiger partial charge >= 0.3 is 6.09 Å². The van der Waals surface area contributed by atoms with E-state index in [-0.39, 0.29) is 0 Å². The highest BCUT2D eigenvalue weighted by atomic mass is 16.6. The number of amides is 1. The lowest BCUT2D eigenvalue weighted by Crippen LogP contribution is -2.48. The van der Waals surface area contributed by atoms with E-state index in [2.05, 4.69) is 10.6 Å². The van der Waals surface area contributed by atoms with Crippen LogP contribution >= 0.6 is 0 Å². The van der Waals surface area contributed by atoms with Crippen molar-refractivity contribution < 1.29 is 9.53 Å². The first-order valence-corrected chi connectivity index (χ1v) is 7.90. The van der Waals surface area contributed by atoms with E-state index in [4.69, 9.17) is 10.5 Å². The molecule has 1 amide bonds. The van der Waals surface area contributed by atoms with Gasteiger partial charge in [-0.2, -0.15) is 0 Å². The Morgan fingerprint density at radius 3 is 2.45 bits per heavy atom. The second-order valence-electron chi connectivity index (χ2n) is 6.96. The maximum atomic E-state index is 11.7. The normalized spacial score (nSPS) is 21.1. The van der Waals surface area contributed by atoms with E-state index in [1.165, 1.54) is 5.56 Å². The molecule has 0 unspecified atom stereocenters. The van der Waals surface area contributed by atoms with Gasteiger partial charge in [0.25, 0.3) is 0 Å². The molecule has 0 radical (unpaired) electrons. The largest absolute Gasteiger partial charge is 0.444 e. The third-order valence-electron chi connectivity index (χ3n) is 3.62. The van der Waals surface area contributed by atoms with Crippen molar-refractivity contribution in [3.8, 4) is 0 Å². The molecule has 22 heavy (non-hydrogen) atoms. The van der Waals surface area contributed by atoms with Crippen LogP contribution in [0.1, 0.15) is 39.2 Å². The molecule has 0 aliphatic heterocycles. The predicted molar refractivity (Wildman–Crippen MR) is 89.0 cm³/mol. The maximum Gasteiger partial charge on any atom is 0.412 e.